The van der Waals surface area contributed by atoms with Crippen molar-refractivity contribution < 1.29 is 26.4 Å². The number of halogens is 2. The Morgan fingerprint density at radius 2 is 1.92 bits per heavy atom. The number of piperidine rings is 1. The molecule has 1 aromatic carbocycles. The van der Waals surface area contributed by atoms with E-state index in [0.717, 1.165) is 18.7 Å². The molecule has 0 amide bonds. The number of pyridine rings is 1. The Kier molecular flexibility index (Phi) is 7.00. The van der Waals surface area contributed by atoms with Crippen molar-refractivity contribution in [2.75, 3.05) is 30.6 Å². The minimum Gasteiger partial charge on any atom is -0.415 e. The number of ether oxygens (including phenoxy) is 1. The summed E-state index contributed by atoms with van der Waals surface area (Å²) in [4.78, 5) is 6.68. The molecule has 0 N–H and O–H groups in total. The topological polar surface area (TPSA) is 102 Å². The number of aromatic nitrogens is 3. The zero-order valence-corrected chi connectivity index (χ0v) is 20.6. The zero-order chi connectivity index (χ0) is 25.3. The fraction of sp³-hybridized carbons (Fsp3) is 0.458. The van der Waals surface area contributed by atoms with Gasteiger partial charge in [-0.3, -0.25) is 14.2 Å². The van der Waals surface area contributed by atoms with Crippen molar-refractivity contribution in [1.29, 1.82) is 0 Å². The molecule has 2 aromatic heterocycles. The van der Waals surface area contributed by atoms with Gasteiger partial charge >= 0.3 is 6.43 Å². The molecule has 4 heterocycles. The summed E-state index contributed by atoms with van der Waals surface area (Å²) < 4.78 is 64.9. The normalized spacial score (nSPS) is 17.9. The molecule has 2 saturated heterocycles. The highest BCUT2D eigenvalue weighted by molar-refractivity contribution is 7.93. The molecular weight excluding hydrogens is 492 g/mol. The quantitative estimate of drug-likeness (QED) is 0.445. The van der Waals surface area contributed by atoms with Crippen LogP contribution in [0.25, 0.3) is 11.5 Å². The lowest BCUT2D eigenvalue weighted by Crippen LogP contribution is -2.54. The van der Waals surface area contributed by atoms with Gasteiger partial charge in [-0.15, -0.1) is 10.2 Å². The first-order valence-corrected chi connectivity index (χ1v) is 13.3. The second-order valence-corrected chi connectivity index (χ2v) is 11.2. The molecule has 0 unspecified atom stereocenters. The van der Waals surface area contributed by atoms with E-state index >= 15 is 0 Å². The summed E-state index contributed by atoms with van der Waals surface area (Å²) in [7, 11) is -3.69. The van der Waals surface area contributed by atoms with E-state index < -0.39 is 27.6 Å². The second-order valence-electron chi connectivity index (χ2n) is 9.10. The maximum absolute atomic E-state index is 13.9. The summed E-state index contributed by atoms with van der Waals surface area (Å²) in [6.45, 7) is 4.81. The summed E-state index contributed by atoms with van der Waals surface area (Å²) in [5.74, 6) is -0.835. The Morgan fingerprint density at radius 3 is 2.50 bits per heavy atom. The Balaban J connectivity index is 1.37. The van der Waals surface area contributed by atoms with Crippen LogP contribution >= 0.6 is 0 Å². The van der Waals surface area contributed by atoms with Crippen LogP contribution in [0.3, 0.4) is 0 Å². The van der Waals surface area contributed by atoms with Gasteiger partial charge in [0.15, 0.2) is 0 Å². The Morgan fingerprint density at radius 1 is 1.14 bits per heavy atom. The average Bonchev–Trinajstić information content (AvgIpc) is 3.33. The van der Waals surface area contributed by atoms with Crippen molar-refractivity contribution in [3.63, 3.8) is 0 Å². The molecule has 0 atom stereocenters. The van der Waals surface area contributed by atoms with Crippen LogP contribution in [0.1, 0.15) is 36.4 Å². The largest absolute Gasteiger partial charge is 0.415 e. The minimum absolute atomic E-state index is 0.0366. The standard InChI is InChI=1S/C24H27F2N5O4S/c1-16-3-2-4-19(11-16)31(36(32,33)21-7-9-30(10-8-21)20-14-34-15-20)13-18-6-5-17(12-27-18)23-28-29-24(35-23)22(25)26/h2-6,11-12,20-22H,7-10,13-15H2,1H3. The molecule has 2 aliphatic rings. The summed E-state index contributed by atoms with van der Waals surface area (Å²) in [5, 5.41) is 6.46. The fourth-order valence-corrected chi connectivity index (χ4v) is 6.38. The van der Waals surface area contributed by atoms with Crippen LogP contribution < -0.4 is 4.31 Å². The van der Waals surface area contributed by atoms with Gasteiger partial charge in [0.2, 0.25) is 15.9 Å². The molecule has 192 valence electrons. The van der Waals surface area contributed by atoms with Crippen LogP contribution in [-0.2, 0) is 21.3 Å². The van der Waals surface area contributed by atoms with E-state index in [-0.39, 0.29) is 12.4 Å². The van der Waals surface area contributed by atoms with Gasteiger partial charge in [-0.05, 0) is 62.7 Å². The number of hydrogen-bond donors (Lipinski definition) is 0. The summed E-state index contributed by atoms with van der Waals surface area (Å²) >= 11 is 0. The van der Waals surface area contributed by atoms with E-state index in [1.54, 1.807) is 18.2 Å². The molecule has 36 heavy (non-hydrogen) atoms. The molecule has 0 saturated carbocycles. The summed E-state index contributed by atoms with van der Waals surface area (Å²) in [6.07, 6.45) is -0.340. The third kappa shape index (κ3) is 5.11. The SMILES string of the molecule is Cc1cccc(N(Cc2ccc(-c3nnc(C(F)F)o3)cn2)S(=O)(=O)C2CCN(C3COC3)CC2)c1. The van der Waals surface area contributed by atoms with Gasteiger partial charge < -0.3 is 9.15 Å². The van der Waals surface area contributed by atoms with E-state index in [9.17, 15) is 17.2 Å². The Labute approximate surface area is 208 Å². The number of rotatable bonds is 8. The monoisotopic (exact) mass is 519 g/mol. The number of nitrogens with zero attached hydrogens (tertiary/aromatic N) is 5. The number of aryl methyl sites for hydroxylation is 1. The predicted molar refractivity (Wildman–Crippen MR) is 128 cm³/mol. The first-order chi connectivity index (χ1) is 17.3. The molecular formula is C24H27F2N5O4S. The van der Waals surface area contributed by atoms with Gasteiger partial charge in [-0.2, -0.15) is 8.78 Å². The fourth-order valence-electron chi connectivity index (χ4n) is 4.50. The van der Waals surface area contributed by atoms with Crippen LogP contribution in [0.15, 0.2) is 47.0 Å². The molecule has 0 spiro atoms. The first kappa shape index (κ1) is 24.7. The lowest BCUT2D eigenvalue weighted by Gasteiger charge is -2.42. The van der Waals surface area contributed by atoms with Crippen LogP contribution in [0.5, 0.6) is 0 Å². The number of benzene rings is 1. The first-order valence-electron chi connectivity index (χ1n) is 11.8. The summed E-state index contributed by atoms with van der Waals surface area (Å²) in [5.41, 5.74) is 2.40. The molecule has 0 bridgehead atoms. The van der Waals surface area contributed by atoms with Crippen LogP contribution in [-0.4, -0.2) is 66.1 Å². The average molecular weight is 520 g/mol. The highest BCUT2D eigenvalue weighted by Gasteiger charge is 2.38. The van der Waals surface area contributed by atoms with Crippen LogP contribution in [0.2, 0.25) is 0 Å². The van der Waals surface area contributed by atoms with Gasteiger partial charge in [0.1, 0.15) is 0 Å². The lowest BCUT2D eigenvalue weighted by atomic mass is 10.1. The van der Waals surface area contributed by atoms with Gasteiger partial charge in [-0.1, -0.05) is 12.1 Å². The Bertz CT molecular complexity index is 1290. The highest BCUT2D eigenvalue weighted by Crippen LogP contribution is 2.30. The Hall–Kier alpha value is -2.96. The molecule has 2 aliphatic heterocycles. The van der Waals surface area contributed by atoms with Crippen LogP contribution in [0, 0.1) is 6.92 Å². The molecule has 12 heteroatoms. The molecule has 0 aliphatic carbocycles. The van der Waals surface area contributed by atoms with Crippen LogP contribution in [0.4, 0.5) is 14.5 Å². The van der Waals surface area contributed by atoms with Gasteiger partial charge in [0.25, 0.3) is 5.89 Å². The van der Waals surface area contributed by atoms with Crippen molar-refractivity contribution in [2.24, 2.45) is 0 Å². The maximum Gasteiger partial charge on any atom is 0.314 e. The molecule has 9 nitrogen and oxygen atoms in total. The van der Waals surface area contributed by atoms with Gasteiger partial charge in [0.05, 0.1) is 48.0 Å². The lowest BCUT2D eigenvalue weighted by molar-refractivity contribution is -0.0695. The van der Waals surface area contributed by atoms with Crippen molar-refractivity contribution >= 4 is 15.7 Å². The van der Waals surface area contributed by atoms with Gasteiger partial charge in [-0.25, -0.2) is 8.42 Å². The van der Waals surface area contributed by atoms with Crippen molar-refractivity contribution in [3.8, 4) is 11.5 Å². The number of sulfonamides is 1. The summed E-state index contributed by atoms with van der Waals surface area (Å²) in [6, 6.07) is 11.0. The smallest absolute Gasteiger partial charge is 0.314 e. The number of anilines is 1. The third-order valence-corrected chi connectivity index (χ3v) is 8.90. The van der Waals surface area contributed by atoms with Gasteiger partial charge in [0, 0.05) is 6.20 Å². The maximum atomic E-state index is 13.9. The second kappa shape index (κ2) is 10.2. The van der Waals surface area contributed by atoms with Crippen molar-refractivity contribution in [3.05, 3.63) is 59.7 Å². The molecule has 3 aromatic rings. The molecule has 0 radical (unpaired) electrons. The van der Waals surface area contributed by atoms with E-state index in [4.69, 9.17) is 9.15 Å². The molecule has 5 rings (SSSR count). The van der Waals surface area contributed by atoms with E-state index in [1.165, 1.54) is 10.5 Å². The van der Waals surface area contributed by atoms with Crippen molar-refractivity contribution in [2.45, 2.75) is 44.0 Å². The minimum atomic E-state index is -3.69. The zero-order valence-electron chi connectivity index (χ0n) is 19.8. The van der Waals surface area contributed by atoms with E-state index in [0.29, 0.717) is 49.0 Å². The third-order valence-electron chi connectivity index (χ3n) is 6.64. The highest BCUT2D eigenvalue weighted by atomic mass is 32.2. The van der Waals surface area contributed by atoms with Crippen molar-refractivity contribution in [1.82, 2.24) is 20.1 Å². The predicted octanol–water partition coefficient (Wildman–Crippen LogP) is 3.58. The molecule has 2 fully saturated rings. The van der Waals surface area contributed by atoms with E-state index in [2.05, 4.69) is 20.1 Å². The number of hydrogen-bond acceptors (Lipinski definition) is 8. The van der Waals surface area contributed by atoms with E-state index in [1.807, 2.05) is 25.1 Å². The number of alkyl halides is 2. The number of likely N-dealkylation sites (tertiary alicyclic amines) is 1.